The van der Waals surface area contributed by atoms with E-state index in [1.807, 2.05) is 0 Å². The number of anilines is 1. The molecule has 2 aromatic rings. The Morgan fingerprint density at radius 1 is 1.07 bits per heavy atom. The Balaban J connectivity index is 1.86. The lowest BCUT2D eigenvalue weighted by atomic mass is 10.2. The summed E-state index contributed by atoms with van der Waals surface area (Å²) in [5, 5.41) is 0.611. The van der Waals surface area contributed by atoms with Crippen LogP contribution in [-0.4, -0.2) is 31.7 Å². The summed E-state index contributed by atoms with van der Waals surface area (Å²) in [5.74, 6) is -0.835. The van der Waals surface area contributed by atoms with Crippen LogP contribution in [-0.2, 0) is 14.8 Å². The van der Waals surface area contributed by atoms with Gasteiger partial charge >= 0.3 is 0 Å². The van der Waals surface area contributed by atoms with Gasteiger partial charge in [-0.1, -0.05) is 24.6 Å². The Morgan fingerprint density at radius 2 is 1.79 bits per heavy atom. The summed E-state index contributed by atoms with van der Waals surface area (Å²) < 4.78 is 26.1. The monoisotopic (exact) mass is 441 g/mol. The maximum Gasteiger partial charge on any atom is 0.269 e. The van der Waals surface area contributed by atoms with Crippen LogP contribution in [0, 0.1) is 0 Å². The summed E-state index contributed by atoms with van der Waals surface area (Å²) in [6, 6.07) is 13.1. The molecule has 0 bridgehead atoms. The van der Waals surface area contributed by atoms with Gasteiger partial charge in [0.15, 0.2) is 0 Å². The van der Waals surface area contributed by atoms with Crippen molar-refractivity contribution >= 4 is 50.9 Å². The Labute approximate surface area is 173 Å². The Bertz CT molecular complexity index is 934. The average Bonchev–Trinajstić information content (AvgIpc) is 2.65. The highest BCUT2D eigenvalue weighted by Crippen LogP contribution is 2.19. The summed E-state index contributed by atoms with van der Waals surface area (Å²) >= 11 is 7.10. The first kappa shape index (κ1) is 22.1. The number of halogens is 1. The highest BCUT2D eigenvalue weighted by Gasteiger charge is 2.12. The van der Waals surface area contributed by atoms with Crippen molar-refractivity contribution in [3.05, 3.63) is 59.1 Å². The molecule has 0 atom stereocenters. The Hall–Kier alpha value is -2.23. The number of carbonyl (C=O) groups is 2. The number of amides is 2. The largest absolute Gasteiger partial charge is 0.284 e. The van der Waals surface area contributed by atoms with E-state index in [2.05, 4.69) is 15.6 Å². The Kier molecular flexibility index (Phi) is 8.16. The molecule has 0 spiro atoms. The molecule has 3 N–H and O–H groups in total. The first-order valence-electron chi connectivity index (χ1n) is 8.37. The van der Waals surface area contributed by atoms with Crippen LogP contribution in [0.5, 0.6) is 0 Å². The second-order valence-electron chi connectivity index (χ2n) is 5.75. The average molecular weight is 442 g/mol. The standard InChI is InChI=1S/C18H20ClN3O4S2/c1-2-10-28(25,26)22-15-5-3-4-13(11-15)18(24)21-20-17(23)12-27-16-8-6-14(19)7-9-16/h3-9,11,22H,2,10,12H2,1H3,(H,20,23)(H,21,24). The minimum absolute atomic E-state index is 0.00916. The first-order valence-corrected chi connectivity index (χ1v) is 11.4. The predicted molar refractivity (Wildman–Crippen MR) is 112 cm³/mol. The molecule has 0 aliphatic rings. The Morgan fingerprint density at radius 3 is 2.46 bits per heavy atom. The molecule has 7 nitrogen and oxygen atoms in total. The van der Waals surface area contributed by atoms with Crippen molar-refractivity contribution in [2.45, 2.75) is 18.2 Å². The lowest BCUT2D eigenvalue weighted by molar-refractivity contribution is -0.119. The number of hydrazine groups is 1. The number of nitrogens with one attached hydrogen (secondary N) is 3. The molecule has 0 aromatic heterocycles. The van der Waals surface area contributed by atoms with E-state index in [0.29, 0.717) is 11.4 Å². The molecule has 0 radical (unpaired) electrons. The minimum Gasteiger partial charge on any atom is -0.284 e. The van der Waals surface area contributed by atoms with Gasteiger partial charge in [0.1, 0.15) is 0 Å². The van der Waals surface area contributed by atoms with Crippen molar-refractivity contribution < 1.29 is 18.0 Å². The van der Waals surface area contributed by atoms with Crippen molar-refractivity contribution in [2.24, 2.45) is 0 Å². The second-order valence-corrected chi connectivity index (χ2v) is 9.07. The highest BCUT2D eigenvalue weighted by molar-refractivity contribution is 8.00. The lowest BCUT2D eigenvalue weighted by Gasteiger charge is -2.10. The highest BCUT2D eigenvalue weighted by atomic mass is 35.5. The van der Waals surface area contributed by atoms with Gasteiger partial charge in [0.25, 0.3) is 5.91 Å². The second kappa shape index (κ2) is 10.4. The van der Waals surface area contributed by atoms with Crippen LogP contribution in [0.3, 0.4) is 0 Å². The fourth-order valence-electron chi connectivity index (χ4n) is 2.14. The minimum atomic E-state index is -3.45. The number of hydrogen-bond donors (Lipinski definition) is 3. The van der Waals surface area contributed by atoms with Crippen molar-refractivity contribution in [1.29, 1.82) is 0 Å². The van der Waals surface area contributed by atoms with Crippen molar-refractivity contribution in [3.8, 4) is 0 Å². The van der Waals surface area contributed by atoms with Gasteiger partial charge in [0.2, 0.25) is 15.9 Å². The van der Waals surface area contributed by atoms with Crippen LogP contribution in [0.15, 0.2) is 53.4 Å². The molecule has 0 saturated carbocycles. The quantitative estimate of drug-likeness (QED) is 0.431. The van der Waals surface area contributed by atoms with Gasteiger partial charge in [0.05, 0.1) is 11.5 Å². The van der Waals surface area contributed by atoms with Crippen LogP contribution < -0.4 is 15.6 Å². The topological polar surface area (TPSA) is 104 Å². The van der Waals surface area contributed by atoms with Gasteiger partial charge in [-0.2, -0.15) is 0 Å². The molecule has 0 fully saturated rings. The van der Waals surface area contributed by atoms with Crippen LogP contribution in [0.4, 0.5) is 5.69 Å². The van der Waals surface area contributed by atoms with E-state index in [1.165, 1.54) is 23.9 Å². The van der Waals surface area contributed by atoms with Gasteiger partial charge in [-0.3, -0.25) is 25.2 Å². The van der Waals surface area contributed by atoms with Crippen molar-refractivity contribution in [3.63, 3.8) is 0 Å². The van der Waals surface area contributed by atoms with Gasteiger partial charge < -0.3 is 0 Å². The molecule has 0 heterocycles. The third-order valence-electron chi connectivity index (χ3n) is 3.37. The zero-order chi connectivity index (χ0) is 20.6. The van der Waals surface area contributed by atoms with Crippen LogP contribution in [0.25, 0.3) is 0 Å². The van der Waals surface area contributed by atoms with E-state index in [1.54, 1.807) is 43.3 Å². The van der Waals surface area contributed by atoms with Crippen LogP contribution in [0.2, 0.25) is 5.02 Å². The number of thioether (sulfide) groups is 1. The molecule has 0 aliphatic heterocycles. The zero-order valence-electron chi connectivity index (χ0n) is 15.1. The molecule has 150 valence electrons. The molecule has 2 aromatic carbocycles. The van der Waals surface area contributed by atoms with E-state index in [0.717, 1.165) is 4.90 Å². The van der Waals surface area contributed by atoms with Gasteiger partial charge in [-0.05, 0) is 48.9 Å². The summed E-state index contributed by atoms with van der Waals surface area (Å²) in [4.78, 5) is 24.9. The number of hydrogen-bond acceptors (Lipinski definition) is 5. The number of benzene rings is 2. The summed E-state index contributed by atoms with van der Waals surface area (Å²) in [7, 11) is -3.45. The molecule has 2 rings (SSSR count). The first-order chi connectivity index (χ1) is 13.3. The fourth-order valence-corrected chi connectivity index (χ4v) is 4.09. The molecule has 2 amide bonds. The fraction of sp³-hybridized carbons (Fsp3) is 0.222. The number of rotatable bonds is 8. The maximum atomic E-state index is 12.2. The third kappa shape index (κ3) is 7.41. The van der Waals surface area contributed by atoms with Crippen LogP contribution >= 0.6 is 23.4 Å². The van der Waals surface area contributed by atoms with E-state index in [4.69, 9.17) is 11.6 Å². The van der Waals surface area contributed by atoms with Crippen molar-refractivity contribution in [2.75, 3.05) is 16.2 Å². The smallest absolute Gasteiger partial charge is 0.269 e. The molecule has 0 aliphatic carbocycles. The van der Waals surface area contributed by atoms with Gasteiger partial charge in [-0.15, -0.1) is 11.8 Å². The summed E-state index contributed by atoms with van der Waals surface area (Å²) in [5.41, 5.74) is 5.13. The normalized spacial score (nSPS) is 10.9. The molecule has 28 heavy (non-hydrogen) atoms. The maximum absolute atomic E-state index is 12.2. The molecular formula is C18H20ClN3O4S2. The summed E-state index contributed by atoms with van der Waals surface area (Å²) in [6.07, 6.45) is 0.482. The van der Waals surface area contributed by atoms with E-state index < -0.39 is 15.9 Å². The number of carbonyl (C=O) groups excluding carboxylic acids is 2. The van der Waals surface area contributed by atoms with Gasteiger partial charge in [-0.25, -0.2) is 8.42 Å². The molecule has 0 saturated heterocycles. The summed E-state index contributed by atoms with van der Waals surface area (Å²) in [6.45, 7) is 1.76. The lowest BCUT2D eigenvalue weighted by Crippen LogP contribution is -2.42. The predicted octanol–water partition coefficient (Wildman–Crippen LogP) is 3.05. The van der Waals surface area contributed by atoms with E-state index in [9.17, 15) is 18.0 Å². The molecular weight excluding hydrogens is 422 g/mol. The van der Waals surface area contributed by atoms with Crippen molar-refractivity contribution in [1.82, 2.24) is 10.9 Å². The van der Waals surface area contributed by atoms with E-state index in [-0.39, 0.29) is 28.7 Å². The number of sulfonamides is 1. The SMILES string of the molecule is CCCS(=O)(=O)Nc1cccc(C(=O)NNC(=O)CSc2ccc(Cl)cc2)c1. The van der Waals surface area contributed by atoms with Crippen LogP contribution in [0.1, 0.15) is 23.7 Å². The zero-order valence-corrected chi connectivity index (χ0v) is 17.5. The third-order valence-corrected chi connectivity index (χ3v) is 6.13. The molecule has 0 unspecified atom stereocenters. The van der Waals surface area contributed by atoms with E-state index >= 15 is 0 Å². The van der Waals surface area contributed by atoms with Gasteiger partial charge in [0, 0.05) is 21.2 Å². The molecule has 10 heteroatoms.